The van der Waals surface area contributed by atoms with Crippen LogP contribution in [0.5, 0.6) is 0 Å². The highest BCUT2D eigenvalue weighted by Crippen LogP contribution is 2.56. The Morgan fingerprint density at radius 1 is 0.942 bits per heavy atom. The molecule has 1 saturated heterocycles. The van der Waals surface area contributed by atoms with Crippen molar-refractivity contribution < 1.29 is 27.0 Å². The van der Waals surface area contributed by atoms with Crippen LogP contribution in [0.3, 0.4) is 0 Å². The molecule has 3 aromatic carbocycles. The minimum Gasteiger partial charge on any atom is -0.376 e. The molecule has 360 valence electrons. The summed E-state index contributed by atoms with van der Waals surface area (Å²) in [5, 5.41) is 9.98. The van der Waals surface area contributed by atoms with E-state index in [9.17, 15) is 13.8 Å². The first kappa shape index (κ1) is 45.1. The molecule has 18 heteroatoms. The Morgan fingerprint density at radius 3 is 2.32 bits per heavy atom. The molecule has 1 N–H and O–H groups in total. The summed E-state index contributed by atoms with van der Waals surface area (Å²) in [5.41, 5.74) is 3.62. The van der Waals surface area contributed by atoms with Crippen LogP contribution < -0.4 is 11.4 Å². The maximum Gasteiger partial charge on any atom is 0.438 e. The highest BCUT2D eigenvalue weighted by Gasteiger charge is 2.59. The number of halogens is 2. The van der Waals surface area contributed by atoms with Crippen LogP contribution in [0.25, 0.3) is 28.1 Å². The molecule has 69 heavy (non-hydrogen) atoms. The van der Waals surface area contributed by atoms with E-state index in [1.165, 1.54) is 40.7 Å². The van der Waals surface area contributed by atoms with Gasteiger partial charge in [0.2, 0.25) is 0 Å². The summed E-state index contributed by atoms with van der Waals surface area (Å²) >= 11 is 0. The van der Waals surface area contributed by atoms with Crippen molar-refractivity contribution >= 4 is 26.5 Å². The lowest BCUT2D eigenvalue weighted by molar-refractivity contribution is -0.0592. The van der Waals surface area contributed by atoms with E-state index in [0.717, 1.165) is 42.1 Å². The lowest BCUT2D eigenvalue weighted by Crippen LogP contribution is -2.41. The number of carbonyl (C=O) groups excluding carboxylic acids is 1. The zero-order valence-corrected chi connectivity index (χ0v) is 40.7. The van der Waals surface area contributed by atoms with E-state index in [0.29, 0.717) is 75.3 Å². The number of hydrogen-bond acceptors (Lipinski definition) is 9. The summed E-state index contributed by atoms with van der Waals surface area (Å²) in [6, 6.07) is 13.7. The minimum absolute atomic E-state index is 0.0149. The smallest absolute Gasteiger partial charge is 0.376 e. The number of ether oxygens (including phenoxy) is 1. The first-order chi connectivity index (χ1) is 32.8. The molecule has 2 aliphatic heterocycles. The van der Waals surface area contributed by atoms with Gasteiger partial charge in [-0.05, 0) is 150 Å². The molecule has 3 fully saturated rings. The summed E-state index contributed by atoms with van der Waals surface area (Å²) in [6.07, 6.45) is 7.14. The van der Waals surface area contributed by atoms with Gasteiger partial charge in [-0.2, -0.15) is 5.10 Å². The van der Waals surface area contributed by atoms with Crippen LogP contribution in [0.15, 0.2) is 84.3 Å². The molecular formula is C51H55F2N9O6S. The minimum atomic E-state index is -2.85. The maximum atomic E-state index is 16.3. The molecule has 1 amide bonds. The van der Waals surface area contributed by atoms with Crippen molar-refractivity contribution in [3.63, 3.8) is 0 Å². The molecule has 7 aromatic rings. The third-order valence-corrected chi connectivity index (χ3v) is 18.2. The molecule has 0 unspecified atom stereocenters. The maximum absolute atomic E-state index is 16.3. The number of nitrogens with one attached hydrogen (secondary N) is 1. The van der Waals surface area contributed by atoms with Gasteiger partial charge in [0, 0.05) is 60.7 Å². The number of aryl methyl sites for hydroxylation is 3. The van der Waals surface area contributed by atoms with Gasteiger partial charge in [-0.3, -0.25) is 23.4 Å². The standard InChI is InChI=1S/C51H55F2N9O6S/c1-27-21-40(37(52)24-42(27)69(66,54-8)36-10-11-36)59-16-17-60(49(59)65)45-43-31(5)58(15-13-38(43)56-62(45)35-19-28(2)44(53)29(3)20-35)46(63)41-23-34-22-32(33-14-18-67-50(6,7)26-33)9-12-39(34)61(41)51(25-30(51)4)47-55-48(64)68-57-47/h9,12,16-17,19-24,30-31,33,36H,10-11,13-15,18,25-26H2,1-8H3,(H,55,57,64)/t30-,31-,33-,51-,69-/m0/s1. The van der Waals surface area contributed by atoms with E-state index in [2.05, 4.69) is 53.5 Å². The highest BCUT2D eigenvalue weighted by molar-refractivity contribution is 7.94. The van der Waals surface area contributed by atoms with Crippen molar-refractivity contribution in [2.75, 3.05) is 20.2 Å². The monoisotopic (exact) mass is 959 g/mol. The van der Waals surface area contributed by atoms with Gasteiger partial charge in [-0.25, -0.2) is 31.6 Å². The Hall–Kier alpha value is -6.40. The topological polar surface area (TPSA) is 168 Å². The average Bonchev–Trinajstić information content (AvgIpc) is 4.05. The Balaban J connectivity index is 1.05. The normalized spacial score (nSPS) is 23.0. The number of nitrogens with zero attached hydrogens (tertiary/aromatic N) is 8. The molecule has 0 bridgehead atoms. The van der Waals surface area contributed by atoms with Crippen molar-refractivity contribution in [1.82, 2.24) is 38.5 Å². The fourth-order valence-corrected chi connectivity index (χ4v) is 13.8. The highest BCUT2D eigenvalue weighted by atomic mass is 32.2. The average molecular weight is 960 g/mol. The first-order valence-electron chi connectivity index (χ1n) is 23.7. The number of H-pyrrole nitrogens is 1. The van der Waals surface area contributed by atoms with Gasteiger partial charge in [-0.1, -0.05) is 18.1 Å². The number of benzene rings is 3. The zero-order valence-electron chi connectivity index (χ0n) is 39.9. The van der Waals surface area contributed by atoms with E-state index < -0.39 is 38.6 Å². The van der Waals surface area contributed by atoms with Crippen LogP contribution in [0.4, 0.5) is 8.78 Å². The molecular weight excluding hydrogens is 905 g/mol. The van der Waals surface area contributed by atoms with Gasteiger partial charge in [0.15, 0.2) is 5.82 Å². The lowest BCUT2D eigenvalue weighted by Gasteiger charge is -2.35. The van der Waals surface area contributed by atoms with Gasteiger partial charge >= 0.3 is 11.4 Å². The Labute approximate surface area is 397 Å². The van der Waals surface area contributed by atoms with Crippen molar-refractivity contribution in [1.29, 1.82) is 0 Å². The third kappa shape index (κ3) is 7.02. The number of imidazole rings is 1. The van der Waals surface area contributed by atoms with Crippen molar-refractivity contribution in [3.8, 4) is 17.2 Å². The second-order valence-corrected chi connectivity index (χ2v) is 22.8. The van der Waals surface area contributed by atoms with Crippen molar-refractivity contribution in [3.05, 3.63) is 139 Å². The fraction of sp³-hybridized carbons (Fsp3) is 0.431. The summed E-state index contributed by atoms with van der Waals surface area (Å²) in [7, 11) is -1.35. The quantitative estimate of drug-likeness (QED) is 0.150. The molecule has 2 saturated carbocycles. The van der Waals surface area contributed by atoms with Gasteiger partial charge in [0.05, 0.1) is 43.3 Å². The van der Waals surface area contributed by atoms with Crippen LogP contribution in [-0.2, 0) is 26.4 Å². The summed E-state index contributed by atoms with van der Waals surface area (Å²) in [4.78, 5) is 47.8. The van der Waals surface area contributed by atoms with Gasteiger partial charge in [0.1, 0.15) is 28.7 Å². The van der Waals surface area contributed by atoms with Crippen LogP contribution in [0.1, 0.15) is 122 Å². The number of aromatic nitrogens is 7. The van der Waals surface area contributed by atoms with E-state index in [4.69, 9.17) is 14.4 Å². The third-order valence-electron chi connectivity index (χ3n) is 15.2. The molecule has 0 spiro atoms. The molecule has 5 atom stereocenters. The van der Waals surface area contributed by atoms with Gasteiger partial charge in [-0.15, -0.1) is 0 Å². The van der Waals surface area contributed by atoms with E-state index in [1.54, 1.807) is 42.5 Å². The van der Waals surface area contributed by atoms with Crippen molar-refractivity contribution in [2.24, 2.45) is 10.3 Å². The van der Waals surface area contributed by atoms with E-state index in [-0.39, 0.29) is 46.6 Å². The largest absolute Gasteiger partial charge is 0.438 e. The molecule has 2 aliphatic carbocycles. The molecule has 15 nitrogen and oxygen atoms in total. The van der Waals surface area contributed by atoms with E-state index in [1.807, 2.05) is 17.6 Å². The fourth-order valence-electron chi connectivity index (χ4n) is 11.4. The van der Waals surface area contributed by atoms with Crippen LogP contribution in [0.2, 0.25) is 0 Å². The molecule has 0 radical (unpaired) electrons. The second kappa shape index (κ2) is 15.8. The number of amides is 1. The summed E-state index contributed by atoms with van der Waals surface area (Å²) in [6.45, 7) is 14.2. The Morgan fingerprint density at radius 2 is 1.67 bits per heavy atom. The first-order valence-corrected chi connectivity index (χ1v) is 25.2. The van der Waals surface area contributed by atoms with Gasteiger partial charge < -0.3 is 14.2 Å². The van der Waals surface area contributed by atoms with Crippen LogP contribution in [0, 0.1) is 38.3 Å². The summed E-state index contributed by atoms with van der Waals surface area (Å²) in [5.74, 6) is -1.16. The Kier molecular flexibility index (Phi) is 10.3. The molecule has 11 rings (SSSR count). The van der Waals surface area contributed by atoms with E-state index >= 15 is 13.6 Å². The van der Waals surface area contributed by atoms with Crippen LogP contribution >= 0.6 is 0 Å². The lowest BCUT2D eigenvalue weighted by atomic mass is 9.83. The number of hydrogen-bond donors (Lipinski definition) is 1. The predicted molar refractivity (Wildman–Crippen MR) is 255 cm³/mol. The molecule has 4 aliphatic rings. The second-order valence-electron chi connectivity index (χ2n) is 20.2. The SMILES string of the molecule is CN=[S@@](=O)(c1cc(F)c(-n2ccn(-c3c4c(nn3-c3cc(C)c(F)c(C)c3)CCN(C(=O)c3cc5cc([C@H]6CCOC(C)(C)C6)ccc5n3[C@@]3(c5noc(=O)[nH]5)C[C@@H]3C)[C@H]4C)c2=O)cc1C)C1CC1. The van der Waals surface area contributed by atoms with Crippen LogP contribution in [-0.4, -0.2) is 79.7 Å². The molecule has 4 aromatic heterocycles. The number of aromatic amines is 1. The molecule has 6 heterocycles. The number of carbonyl (C=O) groups is 1. The predicted octanol–water partition coefficient (Wildman–Crippen LogP) is 8.48. The van der Waals surface area contributed by atoms with Crippen molar-refractivity contribution in [2.45, 2.75) is 120 Å². The zero-order chi connectivity index (χ0) is 48.6. The summed E-state index contributed by atoms with van der Waals surface area (Å²) < 4.78 is 67.0. The van der Waals surface area contributed by atoms with Gasteiger partial charge in [0.25, 0.3) is 5.91 Å². The Bertz CT molecular complexity index is 3520. The number of fused-ring (bicyclic) bond motifs is 2. The number of rotatable bonds is 9.